The van der Waals surface area contributed by atoms with Crippen molar-refractivity contribution in [1.82, 2.24) is 4.98 Å². The van der Waals surface area contributed by atoms with Gasteiger partial charge in [0, 0.05) is 35.5 Å². The zero-order valence-electron chi connectivity index (χ0n) is 8.20. The highest BCUT2D eigenvalue weighted by molar-refractivity contribution is 9.10. The van der Waals surface area contributed by atoms with Gasteiger partial charge < -0.3 is 4.74 Å². The van der Waals surface area contributed by atoms with E-state index < -0.39 is 0 Å². The van der Waals surface area contributed by atoms with E-state index in [1.54, 1.807) is 13.3 Å². The molecule has 2 nitrogen and oxygen atoms in total. The fourth-order valence-corrected chi connectivity index (χ4v) is 2.46. The minimum Gasteiger partial charge on any atom is -0.385 e. The molecule has 0 atom stereocenters. The van der Waals surface area contributed by atoms with Crippen LogP contribution in [-0.2, 0) is 4.74 Å². The van der Waals surface area contributed by atoms with E-state index in [-0.39, 0.29) is 0 Å². The average Bonchev–Trinajstić information content (AvgIpc) is 2.18. The van der Waals surface area contributed by atoms with Gasteiger partial charge in [-0.15, -0.1) is 11.8 Å². The standard InChI is InChI=1S/C10H14BrNOS/c1-13-4-2-3-5-14-10-6-9(11)7-12-8-10/h6-8H,2-5H2,1H3. The Labute approximate surface area is 97.6 Å². The molecule has 0 aliphatic carbocycles. The van der Waals surface area contributed by atoms with Crippen LogP contribution in [0.3, 0.4) is 0 Å². The average molecular weight is 276 g/mol. The van der Waals surface area contributed by atoms with Crippen LogP contribution in [0.5, 0.6) is 0 Å². The molecular formula is C10H14BrNOS. The predicted molar refractivity (Wildman–Crippen MR) is 63.8 cm³/mol. The van der Waals surface area contributed by atoms with Crippen molar-refractivity contribution in [1.29, 1.82) is 0 Å². The SMILES string of the molecule is COCCCCSc1cncc(Br)c1. The van der Waals surface area contributed by atoms with E-state index in [1.165, 1.54) is 11.3 Å². The van der Waals surface area contributed by atoms with Crippen LogP contribution in [-0.4, -0.2) is 24.5 Å². The first-order chi connectivity index (χ1) is 6.83. The molecule has 0 radical (unpaired) electrons. The van der Waals surface area contributed by atoms with Crippen LogP contribution in [0.2, 0.25) is 0 Å². The largest absolute Gasteiger partial charge is 0.385 e. The van der Waals surface area contributed by atoms with Gasteiger partial charge in [-0.3, -0.25) is 4.98 Å². The van der Waals surface area contributed by atoms with Gasteiger partial charge in [-0.2, -0.15) is 0 Å². The van der Waals surface area contributed by atoms with Gasteiger partial charge in [0.1, 0.15) is 0 Å². The summed E-state index contributed by atoms with van der Waals surface area (Å²) in [6, 6.07) is 2.09. The van der Waals surface area contributed by atoms with Gasteiger partial charge in [0.05, 0.1) is 0 Å². The molecule has 0 aromatic carbocycles. The molecule has 0 amide bonds. The molecule has 0 bridgehead atoms. The number of nitrogens with zero attached hydrogens (tertiary/aromatic N) is 1. The summed E-state index contributed by atoms with van der Waals surface area (Å²) in [4.78, 5) is 5.33. The molecule has 14 heavy (non-hydrogen) atoms. The van der Waals surface area contributed by atoms with Crippen molar-refractivity contribution in [3.63, 3.8) is 0 Å². The Morgan fingerprint density at radius 1 is 1.43 bits per heavy atom. The van der Waals surface area contributed by atoms with Crippen molar-refractivity contribution in [3.8, 4) is 0 Å². The molecule has 0 N–H and O–H groups in total. The number of thioether (sulfide) groups is 1. The number of halogens is 1. The van der Waals surface area contributed by atoms with Gasteiger partial charge in [0.25, 0.3) is 0 Å². The van der Waals surface area contributed by atoms with Gasteiger partial charge in [-0.05, 0) is 40.6 Å². The lowest BCUT2D eigenvalue weighted by Gasteiger charge is -2.01. The van der Waals surface area contributed by atoms with Gasteiger partial charge in [-0.1, -0.05) is 0 Å². The van der Waals surface area contributed by atoms with E-state index in [4.69, 9.17) is 4.74 Å². The third-order valence-corrected chi connectivity index (χ3v) is 3.17. The molecular weight excluding hydrogens is 262 g/mol. The van der Waals surface area contributed by atoms with Crippen molar-refractivity contribution in [2.24, 2.45) is 0 Å². The Balaban J connectivity index is 2.18. The minimum absolute atomic E-state index is 0.858. The van der Waals surface area contributed by atoms with Crippen molar-refractivity contribution in [2.45, 2.75) is 17.7 Å². The Bertz CT molecular complexity index is 270. The predicted octanol–water partition coefficient (Wildman–Crippen LogP) is 3.36. The number of rotatable bonds is 6. The second-order valence-electron chi connectivity index (χ2n) is 2.89. The number of ether oxygens (including phenoxy) is 1. The summed E-state index contributed by atoms with van der Waals surface area (Å²) >= 11 is 5.24. The number of unbranched alkanes of at least 4 members (excludes halogenated alkanes) is 1. The molecule has 1 rings (SSSR count). The lowest BCUT2D eigenvalue weighted by Crippen LogP contribution is -1.89. The molecule has 0 unspecified atom stereocenters. The second-order valence-corrected chi connectivity index (χ2v) is 4.97. The van der Waals surface area contributed by atoms with Crippen molar-refractivity contribution in [3.05, 3.63) is 22.9 Å². The lowest BCUT2D eigenvalue weighted by atomic mass is 10.4. The van der Waals surface area contributed by atoms with E-state index in [2.05, 4.69) is 27.0 Å². The number of methoxy groups -OCH3 is 1. The van der Waals surface area contributed by atoms with Gasteiger partial charge in [0.2, 0.25) is 0 Å². The molecule has 1 aromatic rings. The molecule has 0 aliphatic rings. The Kier molecular flexibility index (Phi) is 6.23. The third kappa shape index (κ3) is 4.98. The van der Waals surface area contributed by atoms with Gasteiger partial charge in [-0.25, -0.2) is 0 Å². The van der Waals surface area contributed by atoms with E-state index in [9.17, 15) is 0 Å². The minimum atomic E-state index is 0.858. The molecule has 0 fully saturated rings. The number of aromatic nitrogens is 1. The topological polar surface area (TPSA) is 22.1 Å². The monoisotopic (exact) mass is 275 g/mol. The molecule has 1 heterocycles. The highest BCUT2D eigenvalue weighted by Gasteiger charge is 1.95. The van der Waals surface area contributed by atoms with Crippen LogP contribution >= 0.6 is 27.7 Å². The Morgan fingerprint density at radius 2 is 2.29 bits per heavy atom. The molecule has 1 aromatic heterocycles. The molecule has 78 valence electrons. The maximum absolute atomic E-state index is 4.98. The summed E-state index contributed by atoms with van der Waals surface area (Å²) in [5, 5.41) is 0. The number of pyridine rings is 1. The van der Waals surface area contributed by atoms with Crippen LogP contribution in [0.1, 0.15) is 12.8 Å². The Morgan fingerprint density at radius 3 is 3.00 bits per heavy atom. The molecule has 0 saturated carbocycles. The highest BCUT2D eigenvalue weighted by Crippen LogP contribution is 2.21. The first-order valence-electron chi connectivity index (χ1n) is 4.55. The fraction of sp³-hybridized carbons (Fsp3) is 0.500. The summed E-state index contributed by atoms with van der Waals surface area (Å²) in [6.45, 7) is 0.858. The van der Waals surface area contributed by atoms with Crippen molar-refractivity contribution < 1.29 is 4.74 Å². The molecule has 0 aliphatic heterocycles. The van der Waals surface area contributed by atoms with Crippen LogP contribution in [0, 0.1) is 0 Å². The Hall–Kier alpha value is -0.0600. The summed E-state index contributed by atoms with van der Waals surface area (Å²) in [7, 11) is 1.74. The molecule has 0 spiro atoms. The zero-order valence-corrected chi connectivity index (χ0v) is 10.6. The normalized spacial score (nSPS) is 10.4. The first kappa shape index (κ1) is 12.0. The smallest absolute Gasteiger partial charge is 0.0462 e. The van der Waals surface area contributed by atoms with E-state index in [0.717, 1.165) is 23.3 Å². The highest BCUT2D eigenvalue weighted by atomic mass is 79.9. The van der Waals surface area contributed by atoms with E-state index in [1.807, 2.05) is 18.0 Å². The maximum atomic E-state index is 4.98. The molecule has 4 heteroatoms. The van der Waals surface area contributed by atoms with Gasteiger partial charge in [0.15, 0.2) is 0 Å². The number of hydrogen-bond donors (Lipinski definition) is 0. The fourth-order valence-electron chi connectivity index (χ4n) is 1.01. The lowest BCUT2D eigenvalue weighted by molar-refractivity contribution is 0.194. The van der Waals surface area contributed by atoms with Crippen LogP contribution in [0.4, 0.5) is 0 Å². The summed E-state index contributed by atoms with van der Waals surface area (Å²) in [5.41, 5.74) is 0. The van der Waals surface area contributed by atoms with Crippen LogP contribution in [0.15, 0.2) is 27.8 Å². The zero-order chi connectivity index (χ0) is 10.2. The summed E-state index contributed by atoms with van der Waals surface area (Å²) in [6.07, 6.45) is 6.01. The maximum Gasteiger partial charge on any atom is 0.0462 e. The van der Waals surface area contributed by atoms with E-state index in [0.29, 0.717) is 0 Å². The number of hydrogen-bond acceptors (Lipinski definition) is 3. The third-order valence-electron chi connectivity index (χ3n) is 1.69. The van der Waals surface area contributed by atoms with Gasteiger partial charge >= 0.3 is 0 Å². The van der Waals surface area contributed by atoms with Crippen molar-refractivity contribution >= 4 is 27.7 Å². The van der Waals surface area contributed by atoms with Crippen LogP contribution in [0.25, 0.3) is 0 Å². The second kappa shape index (κ2) is 7.26. The molecule has 0 saturated heterocycles. The van der Waals surface area contributed by atoms with Crippen LogP contribution < -0.4 is 0 Å². The van der Waals surface area contributed by atoms with E-state index >= 15 is 0 Å². The summed E-state index contributed by atoms with van der Waals surface area (Å²) < 4.78 is 6.03. The first-order valence-corrected chi connectivity index (χ1v) is 6.33. The van der Waals surface area contributed by atoms with Crippen molar-refractivity contribution in [2.75, 3.05) is 19.5 Å². The quantitative estimate of drug-likeness (QED) is 0.587. The summed E-state index contributed by atoms with van der Waals surface area (Å²) in [5.74, 6) is 1.13.